The van der Waals surface area contributed by atoms with Gasteiger partial charge in [0.2, 0.25) is 0 Å². The molecule has 0 aliphatic carbocycles. The Hall–Kier alpha value is -1.36. The number of hydrogen-bond acceptors (Lipinski definition) is 3. The van der Waals surface area contributed by atoms with Gasteiger partial charge in [-0.1, -0.05) is 6.07 Å². The molecule has 0 fully saturated rings. The summed E-state index contributed by atoms with van der Waals surface area (Å²) in [4.78, 5) is 22.2. The van der Waals surface area contributed by atoms with E-state index in [1.165, 1.54) is 32.9 Å². The fourth-order valence-corrected chi connectivity index (χ4v) is 2.05. The first-order valence-electron chi connectivity index (χ1n) is 4.97. The van der Waals surface area contributed by atoms with E-state index < -0.39 is 16.5 Å². The minimum Gasteiger partial charge on any atom is -0.480 e. The number of hydrogen-bond donors (Lipinski definition) is 1. The largest absolute Gasteiger partial charge is 0.480 e. The second-order valence-corrected chi connectivity index (χ2v) is 5.78. The zero-order valence-electron chi connectivity index (χ0n) is 9.78. The van der Waals surface area contributed by atoms with Gasteiger partial charge in [0.25, 0.3) is 0 Å². The lowest BCUT2D eigenvalue weighted by Crippen LogP contribution is -2.27. The van der Waals surface area contributed by atoms with E-state index in [-0.39, 0.29) is 16.2 Å². The summed E-state index contributed by atoms with van der Waals surface area (Å²) in [6.45, 7) is 4.35. The molecule has 92 valence electrons. The summed E-state index contributed by atoms with van der Waals surface area (Å²) in [5.74, 6) is -1.81. The number of carbonyl (C=O) groups excluding carboxylic acids is 1. The maximum Gasteiger partial charge on any atom is 0.319 e. The minimum absolute atomic E-state index is 0.224. The SMILES string of the molecule is CC(=O)c1ccc(SC(C)(C)C(=O)O)c(F)c1. The predicted molar refractivity (Wildman–Crippen MR) is 64.0 cm³/mol. The number of aliphatic carboxylic acids is 1. The van der Waals surface area contributed by atoms with Crippen LogP contribution in [0.3, 0.4) is 0 Å². The Morgan fingerprint density at radius 2 is 1.94 bits per heavy atom. The summed E-state index contributed by atoms with van der Waals surface area (Å²) in [6, 6.07) is 4.05. The number of halogens is 1. The number of benzene rings is 1. The predicted octanol–water partition coefficient (Wildman–Crippen LogP) is 2.98. The lowest BCUT2D eigenvalue weighted by atomic mass is 10.1. The van der Waals surface area contributed by atoms with Crippen LogP contribution in [0.2, 0.25) is 0 Å². The van der Waals surface area contributed by atoms with Crippen LogP contribution in [0.1, 0.15) is 31.1 Å². The van der Waals surface area contributed by atoms with Crippen LogP contribution in [-0.2, 0) is 4.79 Å². The molecule has 0 aliphatic heterocycles. The van der Waals surface area contributed by atoms with Crippen LogP contribution in [-0.4, -0.2) is 21.6 Å². The van der Waals surface area contributed by atoms with Crippen molar-refractivity contribution in [2.45, 2.75) is 30.4 Å². The number of carboxylic acid groups (broad SMARTS) is 1. The van der Waals surface area contributed by atoms with Crippen LogP contribution in [0.5, 0.6) is 0 Å². The molecule has 3 nitrogen and oxygen atoms in total. The summed E-state index contributed by atoms with van der Waals surface area (Å²) >= 11 is 0.915. The first-order chi connectivity index (χ1) is 7.74. The zero-order valence-corrected chi connectivity index (χ0v) is 10.6. The Balaban J connectivity index is 3.02. The highest BCUT2D eigenvalue weighted by molar-refractivity contribution is 8.01. The molecule has 0 radical (unpaired) electrons. The van der Waals surface area contributed by atoms with Gasteiger partial charge < -0.3 is 5.11 Å². The Labute approximate surface area is 103 Å². The third-order valence-corrected chi connectivity index (χ3v) is 3.45. The molecule has 0 spiro atoms. The third-order valence-electron chi connectivity index (χ3n) is 2.22. The van der Waals surface area contributed by atoms with Crippen molar-refractivity contribution in [1.82, 2.24) is 0 Å². The van der Waals surface area contributed by atoms with Crippen molar-refractivity contribution in [2.24, 2.45) is 0 Å². The van der Waals surface area contributed by atoms with E-state index in [2.05, 4.69) is 0 Å². The summed E-state index contributed by atoms with van der Waals surface area (Å²) in [5, 5.41) is 8.94. The van der Waals surface area contributed by atoms with Crippen molar-refractivity contribution in [2.75, 3.05) is 0 Å². The molecular formula is C12H13FO3S. The van der Waals surface area contributed by atoms with Gasteiger partial charge in [-0.3, -0.25) is 9.59 Å². The van der Waals surface area contributed by atoms with Crippen molar-refractivity contribution in [3.05, 3.63) is 29.6 Å². The van der Waals surface area contributed by atoms with E-state index in [0.29, 0.717) is 0 Å². The van der Waals surface area contributed by atoms with E-state index in [9.17, 15) is 14.0 Å². The van der Waals surface area contributed by atoms with Gasteiger partial charge in [-0.2, -0.15) is 0 Å². The zero-order chi connectivity index (χ0) is 13.2. The lowest BCUT2D eigenvalue weighted by Gasteiger charge is -2.18. The molecule has 17 heavy (non-hydrogen) atoms. The monoisotopic (exact) mass is 256 g/mol. The number of ketones is 1. The summed E-state index contributed by atoms with van der Waals surface area (Å²) in [6.07, 6.45) is 0. The molecule has 1 N–H and O–H groups in total. The molecule has 1 rings (SSSR count). The minimum atomic E-state index is -1.11. The van der Waals surface area contributed by atoms with Crippen molar-refractivity contribution < 1.29 is 19.1 Å². The number of carboxylic acids is 1. The summed E-state index contributed by atoms with van der Waals surface area (Å²) in [5.41, 5.74) is 0.278. The molecule has 0 heterocycles. The molecule has 0 amide bonds. The highest BCUT2D eigenvalue weighted by Gasteiger charge is 2.29. The van der Waals surface area contributed by atoms with Gasteiger partial charge in [-0.05, 0) is 32.9 Å². The van der Waals surface area contributed by atoms with Crippen LogP contribution in [0.25, 0.3) is 0 Å². The van der Waals surface area contributed by atoms with Crippen LogP contribution in [0.15, 0.2) is 23.1 Å². The standard InChI is InChI=1S/C12H13FO3S/c1-7(14)8-4-5-10(9(13)6-8)17-12(2,3)11(15)16/h4-6H,1-3H3,(H,15,16). The maximum atomic E-state index is 13.6. The summed E-state index contributed by atoms with van der Waals surface area (Å²) < 4.78 is 12.5. The fraction of sp³-hybridized carbons (Fsp3) is 0.333. The van der Waals surface area contributed by atoms with E-state index in [4.69, 9.17) is 5.11 Å². The highest BCUT2D eigenvalue weighted by atomic mass is 32.2. The van der Waals surface area contributed by atoms with Gasteiger partial charge >= 0.3 is 5.97 Å². The smallest absolute Gasteiger partial charge is 0.319 e. The average molecular weight is 256 g/mol. The molecule has 1 aromatic carbocycles. The Kier molecular flexibility index (Phi) is 3.93. The van der Waals surface area contributed by atoms with Gasteiger partial charge in [0.1, 0.15) is 10.6 Å². The molecule has 0 unspecified atom stereocenters. The van der Waals surface area contributed by atoms with Crippen molar-refractivity contribution in [3.63, 3.8) is 0 Å². The number of rotatable bonds is 4. The van der Waals surface area contributed by atoms with Gasteiger partial charge in [0.05, 0.1) is 0 Å². The van der Waals surface area contributed by atoms with Crippen molar-refractivity contribution in [1.29, 1.82) is 0 Å². The molecule has 5 heteroatoms. The Morgan fingerprint density at radius 3 is 2.35 bits per heavy atom. The Bertz CT molecular complexity index is 469. The van der Waals surface area contributed by atoms with Crippen molar-refractivity contribution >= 4 is 23.5 Å². The van der Waals surface area contributed by atoms with Gasteiger partial charge in [-0.25, -0.2) is 4.39 Å². The van der Waals surface area contributed by atoms with Gasteiger partial charge in [0, 0.05) is 10.5 Å². The van der Waals surface area contributed by atoms with Gasteiger partial charge in [0.15, 0.2) is 5.78 Å². The average Bonchev–Trinajstić information content (AvgIpc) is 2.20. The normalized spacial score (nSPS) is 11.3. The number of thioether (sulfide) groups is 1. The Morgan fingerprint density at radius 1 is 1.35 bits per heavy atom. The fourth-order valence-electron chi connectivity index (χ4n) is 1.12. The molecule has 0 aromatic heterocycles. The van der Waals surface area contributed by atoms with Crippen LogP contribution in [0.4, 0.5) is 4.39 Å². The van der Waals surface area contributed by atoms with Crippen molar-refractivity contribution in [3.8, 4) is 0 Å². The summed E-state index contributed by atoms with van der Waals surface area (Å²) in [7, 11) is 0. The second kappa shape index (κ2) is 4.87. The van der Waals surface area contributed by atoms with Crippen LogP contribution in [0, 0.1) is 5.82 Å². The molecule has 1 aromatic rings. The second-order valence-electron chi connectivity index (χ2n) is 4.12. The molecular weight excluding hydrogens is 243 g/mol. The van der Waals surface area contributed by atoms with E-state index in [1.54, 1.807) is 0 Å². The number of carbonyl (C=O) groups is 2. The number of Topliss-reactive ketones (excluding diaryl/α,β-unsaturated/α-hetero) is 1. The molecule has 0 saturated carbocycles. The topological polar surface area (TPSA) is 54.4 Å². The van der Waals surface area contributed by atoms with E-state index in [1.807, 2.05) is 0 Å². The van der Waals surface area contributed by atoms with E-state index in [0.717, 1.165) is 17.8 Å². The molecule has 0 atom stereocenters. The molecule has 0 aliphatic rings. The first-order valence-corrected chi connectivity index (χ1v) is 5.78. The van der Waals surface area contributed by atoms with Crippen LogP contribution < -0.4 is 0 Å². The maximum absolute atomic E-state index is 13.6. The lowest BCUT2D eigenvalue weighted by molar-refractivity contribution is -0.138. The van der Waals surface area contributed by atoms with E-state index >= 15 is 0 Å². The first kappa shape index (κ1) is 13.7. The van der Waals surface area contributed by atoms with Crippen LogP contribution >= 0.6 is 11.8 Å². The molecule has 0 bridgehead atoms. The van der Waals surface area contributed by atoms with Gasteiger partial charge in [-0.15, -0.1) is 11.8 Å². The third kappa shape index (κ3) is 3.30. The highest BCUT2D eigenvalue weighted by Crippen LogP contribution is 2.34. The molecule has 0 saturated heterocycles. The quantitative estimate of drug-likeness (QED) is 0.664.